The van der Waals surface area contributed by atoms with E-state index in [-0.39, 0.29) is 49.0 Å². The standard InChI is InChI=1S/C61H39BN6O.Pt/c1-5-20-43(21-6-1)50-30-13-14-33-53(50)62-54-34-19-39-63-60(54)68-58-41-49(37-38-57(58)67(61(68)64-62)46-26-11-4-12-27-46)69-48-29-17-28-47(40-48)65-42-66(56-36-16-15-35-55(56)65)59-51(44-22-7-2-8-23-44)31-18-32-52(59)45-24-9-3-10-25-45;/h1-39H;/q-2;/i2D,3D,7D,8D,9D,10D,22D,23D,24D,25D;. The molecule has 0 atom stereocenters. The van der Waals surface area contributed by atoms with Crippen LogP contribution in [0.5, 0.6) is 11.5 Å². The van der Waals surface area contributed by atoms with Crippen LogP contribution in [0.15, 0.2) is 241 Å². The molecule has 2 aliphatic heterocycles. The summed E-state index contributed by atoms with van der Waals surface area (Å²) in [5, 5.41) is 0. The third-order valence-electron chi connectivity index (χ3n) is 12.2. The summed E-state index contributed by atoms with van der Waals surface area (Å²) in [5.41, 5.74) is 8.19. The zero-order valence-corrected chi connectivity index (χ0v) is 39.0. The van der Waals surface area contributed by atoms with Crippen molar-refractivity contribution in [2.24, 2.45) is 4.90 Å². The van der Waals surface area contributed by atoms with Gasteiger partial charge in [0.15, 0.2) is 5.96 Å². The van der Waals surface area contributed by atoms with Crippen LogP contribution >= 0.6 is 0 Å². The Bertz CT molecular complexity index is 4210. The summed E-state index contributed by atoms with van der Waals surface area (Å²) in [4.78, 5) is 14.7. The second-order valence-corrected chi connectivity index (χ2v) is 16.2. The first kappa shape index (κ1) is 33.0. The van der Waals surface area contributed by atoms with E-state index in [1.807, 2.05) is 102 Å². The second-order valence-electron chi connectivity index (χ2n) is 16.2. The molecular weight excluding hydrogens is 1040 g/mol. The molecule has 13 rings (SSSR count). The fourth-order valence-corrected chi connectivity index (χ4v) is 9.28. The zero-order chi connectivity index (χ0) is 54.4. The van der Waals surface area contributed by atoms with Crippen molar-refractivity contribution in [1.29, 1.82) is 0 Å². The van der Waals surface area contributed by atoms with Gasteiger partial charge >= 0.3 is 6.85 Å². The molecule has 0 fully saturated rings. The number of imidazole rings is 1. The Kier molecular flexibility index (Phi) is 8.56. The summed E-state index contributed by atoms with van der Waals surface area (Å²) in [7, 11) is 0. The number of guanidine groups is 1. The first-order valence-corrected chi connectivity index (χ1v) is 22.2. The van der Waals surface area contributed by atoms with Crippen molar-refractivity contribution >= 4 is 57.6 Å². The van der Waals surface area contributed by atoms with Gasteiger partial charge in [0.2, 0.25) is 0 Å². The fourth-order valence-electron chi connectivity index (χ4n) is 9.28. The number of anilines is 4. The Morgan fingerprint density at radius 2 is 1.19 bits per heavy atom. The molecule has 0 amide bonds. The molecule has 2 aromatic heterocycles. The topological polar surface area (TPSA) is 49.8 Å². The third kappa shape index (κ3) is 7.41. The molecule has 9 aromatic carbocycles. The average Bonchev–Trinajstić information content (AvgIpc) is 3.53. The predicted molar refractivity (Wildman–Crippen MR) is 278 cm³/mol. The number of pyridine rings is 1. The third-order valence-corrected chi connectivity index (χ3v) is 12.2. The molecule has 334 valence electrons. The summed E-state index contributed by atoms with van der Waals surface area (Å²) in [6.07, 6.45) is 5.20. The summed E-state index contributed by atoms with van der Waals surface area (Å²) < 4.78 is 97.4. The normalized spacial score (nSPS) is 14.5. The SMILES string of the molecule is [2H]c1c([2H])c([2H])c(-c2cccc(-c3c([2H])c([2H])c([2H])c([2H])c3[2H])c2-[n+]2[c-]n(-c3[c-]c(Oc4[c-]c5c(cc4)N(c4ccccc4)C4=NB(c6ccccc6-c6ccccc6)c6cccnc6N45)ccc3)c3ccccc32)c([2H])c1[2H].[Pt]. The van der Waals surface area contributed by atoms with E-state index < -0.39 is 67.3 Å². The van der Waals surface area contributed by atoms with Crippen LogP contribution in [0.25, 0.3) is 55.8 Å². The van der Waals surface area contributed by atoms with E-state index >= 15 is 0 Å². The molecule has 4 heterocycles. The largest absolute Gasteiger partial charge is 0.510 e. The predicted octanol–water partition coefficient (Wildman–Crippen LogP) is 12.3. The molecule has 0 saturated heterocycles. The smallest absolute Gasteiger partial charge is 0.353 e. The number of benzene rings is 9. The molecular formula is C61H39BN6OPt-2. The Balaban J connectivity index is 0.00000637. The summed E-state index contributed by atoms with van der Waals surface area (Å²) in [6.45, 7) is -0.402. The maximum atomic E-state index is 9.06. The molecule has 9 heteroatoms. The van der Waals surface area contributed by atoms with Gasteiger partial charge < -0.3 is 14.2 Å². The van der Waals surface area contributed by atoms with Crippen LogP contribution in [0, 0.1) is 18.5 Å². The molecule has 70 heavy (non-hydrogen) atoms. The molecule has 11 aromatic rings. The fraction of sp³-hybridized carbons (Fsp3) is 0. The van der Waals surface area contributed by atoms with Crippen molar-refractivity contribution in [1.82, 2.24) is 9.55 Å². The number of fused-ring (bicyclic) bond motifs is 6. The van der Waals surface area contributed by atoms with Crippen LogP contribution in [0.2, 0.25) is 0 Å². The number of para-hydroxylation sites is 4. The molecule has 0 aliphatic carbocycles. The quantitative estimate of drug-likeness (QED) is 0.0821. The number of aromatic nitrogens is 3. The van der Waals surface area contributed by atoms with E-state index in [1.165, 1.54) is 0 Å². The van der Waals surface area contributed by atoms with Crippen molar-refractivity contribution in [3.8, 4) is 56.3 Å². The summed E-state index contributed by atoms with van der Waals surface area (Å²) in [6, 6.07) is 55.5. The van der Waals surface area contributed by atoms with Gasteiger partial charge in [0.1, 0.15) is 5.82 Å². The van der Waals surface area contributed by atoms with Gasteiger partial charge in [-0.15, -0.1) is 30.3 Å². The van der Waals surface area contributed by atoms with E-state index in [2.05, 4.69) is 53.7 Å². The van der Waals surface area contributed by atoms with Crippen LogP contribution < -0.4 is 30.0 Å². The summed E-state index contributed by atoms with van der Waals surface area (Å²) in [5.74, 6) is 2.05. The van der Waals surface area contributed by atoms with Gasteiger partial charge in [0.05, 0.1) is 30.4 Å². The first-order valence-electron chi connectivity index (χ1n) is 27.2. The van der Waals surface area contributed by atoms with E-state index in [4.69, 9.17) is 28.3 Å². The van der Waals surface area contributed by atoms with Gasteiger partial charge in [-0.25, -0.2) is 4.98 Å². The van der Waals surface area contributed by atoms with Crippen molar-refractivity contribution in [2.75, 3.05) is 9.80 Å². The van der Waals surface area contributed by atoms with Gasteiger partial charge in [-0.3, -0.25) is 14.4 Å². The van der Waals surface area contributed by atoms with Crippen LogP contribution in [-0.4, -0.2) is 22.4 Å². The maximum absolute atomic E-state index is 9.06. The van der Waals surface area contributed by atoms with Gasteiger partial charge in [0, 0.05) is 44.4 Å². The molecule has 0 spiro atoms. The minimum atomic E-state index is -0.579. The summed E-state index contributed by atoms with van der Waals surface area (Å²) >= 11 is 0. The van der Waals surface area contributed by atoms with Gasteiger partial charge in [-0.2, -0.15) is 12.1 Å². The molecule has 0 N–H and O–H groups in total. The molecule has 0 radical (unpaired) electrons. The van der Waals surface area contributed by atoms with Crippen LogP contribution in [0.4, 0.5) is 22.9 Å². The Morgan fingerprint density at radius 3 is 1.96 bits per heavy atom. The van der Waals surface area contributed by atoms with Gasteiger partial charge in [-0.05, 0) is 79.6 Å². The second kappa shape index (κ2) is 18.1. The van der Waals surface area contributed by atoms with Crippen molar-refractivity contribution in [2.45, 2.75) is 0 Å². The van der Waals surface area contributed by atoms with Crippen LogP contribution in [0.1, 0.15) is 13.7 Å². The average molecular weight is 1090 g/mol. The van der Waals surface area contributed by atoms with Gasteiger partial charge in [-0.1, -0.05) is 182 Å². The monoisotopic (exact) mass is 1090 g/mol. The molecule has 0 unspecified atom stereocenters. The molecule has 0 saturated carbocycles. The van der Waals surface area contributed by atoms with E-state index in [0.29, 0.717) is 45.7 Å². The Labute approximate surface area is 435 Å². The number of hydrogen-bond donors (Lipinski definition) is 0. The molecule has 7 nitrogen and oxygen atoms in total. The van der Waals surface area contributed by atoms with Crippen molar-refractivity contribution < 1.29 is 44.1 Å². The number of hydrogen-bond acceptors (Lipinski definition) is 5. The van der Waals surface area contributed by atoms with Crippen molar-refractivity contribution in [3.05, 3.63) is 255 Å². The van der Waals surface area contributed by atoms with Crippen LogP contribution in [-0.2, 0) is 21.1 Å². The van der Waals surface area contributed by atoms with Gasteiger partial charge in [0.25, 0.3) is 6.33 Å². The number of rotatable bonds is 9. The minimum Gasteiger partial charge on any atom is -0.510 e. The van der Waals surface area contributed by atoms with E-state index in [0.717, 1.165) is 33.4 Å². The van der Waals surface area contributed by atoms with Crippen molar-refractivity contribution in [3.63, 3.8) is 0 Å². The Hall–Kier alpha value is -8.58. The van der Waals surface area contributed by atoms with E-state index in [1.54, 1.807) is 57.8 Å². The van der Waals surface area contributed by atoms with Crippen LogP contribution in [0.3, 0.4) is 0 Å². The number of nitrogens with zero attached hydrogens (tertiary/aromatic N) is 6. The maximum Gasteiger partial charge on any atom is 0.353 e. The Morgan fingerprint density at radius 1 is 0.543 bits per heavy atom. The zero-order valence-electron chi connectivity index (χ0n) is 46.7. The number of ether oxygens (including phenoxy) is 1. The minimum absolute atomic E-state index is 0. The molecule has 0 bridgehead atoms. The molecule has 2 aliphatic rings. The van der Waals surface area contributed by atoms with E-state index in [9.17, 15) is 0 Å². The first-order chi connectivity index (χ1) is 38.4.